The normalized spacial score (nSPS) is 14.1. The number of hydrogen-bond donors (Lipinski definition) is 2. The molecule has 1 aromatic carbocycles. The molecule has 34 heavy (non-hydrogen) atoms. The van der Waals surface area contributed by atoms with E-state index in [4.69, 9.17) is 19.6 Å². The molecule has 1 aliphatic heterocycles. The van der Waals surface area contributed by atoms with Crippen molar-refractivity contribution < 1.29 is 13.9 Å². The molecule has 10 nitrogen and oxygen atoms in total. The van der Waals surface area contributed by atoms with Crippen molar-refractivity contribution in [3.63, 3.8) is 0 Å². The SMILES string of the molecule is COCCOc1ccc2c(c1)CCN(CCn1ncc(-c3n[nH]c(-c4ccco4)n3)c1N)CC2. The maximum Gasteiger partial charge on any atom is 0.192 e. The molecule has 178 valence electrons. The highest BCUT2D eigenvalue weighted by atomic mass is 16.5. The summed E-state index contributed by atoms with van der Waals surface area (Å²) in [5.74, 6) is 3.15. The van der Waals surface area contributed by atoms with E-state index in [1.165, 1.54) is 11.1 Å². The van der Waals surface area contributed by atoms with Gasteiger partial charge in [0.1, 0.15) is 18.2 Å². The van der Waals surface area contributed by atoms with Crippen LogP contribution in [-0.2, 0) is 24.1 Å². The highest BCUT2D eigenvalue weighted by Crippen LogP contribution is 2.25. The Balaban J connectivity index is 1.18. The van der Waals surface area contributed by atoms with Crippen molar-refractivity contribution in [2.45, 2.75) is 19.4 Å². The molecule has 0 amide bonds. The fourth-order valence-electron chi connectivity index (χ4n) is 4.19. The van der Waals surface area contributed by atoms with Gasteiger partial charge >= 0.3 is 0 Å². The second kappa shape index (κ2) is 10.1. The van der Waals surface area contributed by atoms with Gasteiger partial charge in [-0.25, -0.2) is 9.67 Å². The number of aromatic nitrogens is 5. The number of benzene rings is 1. The zero-order valence-corrected chi connectivity index (χ0v) is 19.2. The lowest BCUT2D eigenvalue weighted by atomic mass is 10.0. The number of nitrogens with two attached hydrogens (primary N) is 1. The Morgan fingerprint density at radius 2 is 2.00 bits per heavy atom. The highest BCUT2D eigenvalue weighted by molar-refractivity contribution is 5.68. The van der Waals surface area contributed by atoms with Crippen molar-refractivity contribution in [2.24, 2.45) is 0 Å². The Morgan fingerprint density at radius 1 is 1.12 bits per heavy atom. The number of furan rings is 1. The van der Waals surface area contributed by atoms with E-state index in [0.717, 1.165) is 38.2 Å². The molecule has 10 heteroatoms. The van der Waals surface area contributed by atoms with Crippen LogP contribution < -0.4 is 10.5 Å². The van der Waals surface area contributed by atoms with Crippen LogP contribution in [0.4, 0.5) is 5.82 Å². The van der Waals surface area contributed by atoms with E-state index in [-0.39, 0.29) is 0 Å². The van der Waals surface area contributed by atoms with Crippen molar-refractivity contribution in [3.8, 4) is 28.7 Å². The van der Waals surface area contributed by atoms with Crippen molar-refractivity contribution in [1.82, 2.24) is 29.9 Å². The molecule has 0 saturated carbocycles. The quantitative estimate of drug-likeness (QED) is 0.364. The van der Waals surface area contributed by atoms with Crippen molar-refractivity contribution in [1.29, 1.82) is 0 Å². The number of nitrogen functional groups attached to an aromatic ring is 1. The van der Waals surface area contributed by atoms with Gasteiger partial charge in [-0.2, -0.15) is 10.2 Å². The van der Waals surface area contributed by atoms with E-state index in [0.29, 0.717) is 48.5 Å². The molecule has 5 rings (SSSR count). The standard InChI is InChI=1S/C24H29N7O3/c1-32-13-14-33-19-5-4-17-6-8-30(9-7-18(17)15-19)10-11-31-22(25)20(16-26-31)23-27-24(29-28-23)21-3-2-12-34-21/h2-5,12,15-16H,6-11,13-14,25H2,1H3,(H,27,28,29). The van der Waals surface area contributed by atoms with Gasteiger partial charge in [0.2, 0.25) is 0 Å². The Labute approximate surface area is 197 Å². The number of H-pyrrole nitrogens is 1. The van der Waals surface area contributed by atoms with Gasteiger partial charge in [-0.15, -0.1) is 0 Å². The minimum absolute atomic E-state index is 0.504. The first kappa shape index (κ1) is 22.2. The van der Waals surface area contributed by atoms with Gasteiger partial charge in [-0.3, -0.25) is 5.10 Å². The second-order valence-corrected chi connectivity index (χ2v) is 8.26. The average Bonchev–Trinajstić information content (AvgIpc) is 3.58. The molecule has 3 aromatic heterocycles. The number of anilines is 1. The number of aromatic amines is 1. The Kier molecular flexibility index (Phi) is 6.59. The molecule has 0 radical (unpaired) electrons. The average molecular weight is 464 g/mol. The topological polar surface area (TPSA) is 120 Å². The Hall–Kier alpha value is -3.63. The van der Waals surface area contributed by atoms with Crippen LogP contribution in [0.2, 0.25) is 0 Å². The fourth-order valence-corrected chi connectivity index (χ4v) is 4.19. The van der Waals surface area contributed by atoms with E-state index in [9.17, 15) is 0 Å². The smallest absolute Gasteiger partial charge is 0.192 e. The van der Waals surface area contributed by atoms with Crippen LogP contribution in [-0.4, -0.2) is 69.8 Å². The zero-order valence-electron chi connectivity index (χ0n) is 19.2. The Bertz CT molecular complexity index is 1220. The number of nitrogens with zero attached hydrogens (tertiary/aromatic N) is 5. The molecule has 0 atom stereocenters. The molecule has 0 saturated heterocycles. The minimum atomic E-state index is 0.504. The summed E-state index contributed by atoms with van der Waals surface area (Å²) in [4.78, 5) is 6.94. The number of methoxy groups -OCH3 is 1. The number of ether oxygens (including phenoxy) is 2. The summed E-state index contributed by atoms with van der Waals surface area (Å²) in [6, 6.07) is 10.0. The molecule has 0 bridgehead atoms. The van der Waals surface area contributed by atoms with Crippen LogP contribution in [0.25, 0.3) is 23.0 Å². The van der Waals surface area contributed by atoms with E-state index in [1.54, 1.807) is 25.6 Å². The van der Waals surface area contributed by atoms with Crippen molar-refractivity contribution in [3.05, 3.63) is 53.9 Å². The third kappa shape index (κ3) is 4.82. The molecule has 0 aliphatic carbocycles. The van der Waals surface area contributed by atoms with E-state index >= 15 is 0 Å². The molecule has 0 fully saturated rings. The summed E-state index contributed by atoms with van der Waals surface area (Å²) < 4.78 is 18.0. The highest BCUT2D eigenvalue weighted by Gasteiger charge is 2.18. The summed E-state index contributed by atoms with van der Waals surface area (Å²) in [7, 11) is 1.68. The van der Waals surface area contributed by atoms with Gasteiger partial charge in [-0.05, 0) is 48.2 Å². The molecule has 4 aromatic rings. The molecule has 1 aliphatic rings. The van der Waals surface area contributed by atoms with Gasteiger partial charge in [0, 0.05) is 26.7 Å². The number of fused-ring (bicyclic) bond motifs is 1. The predicted octanol–water partition coefficient (Wildman–Crippen LogP) is 2.64. The lowest BCUT2D eigenvalue weighted by Crippen LogP contribution is -2.30. The summed E-state index contributed by atoms with van der Waals surface area (Å²) in [5.41, 5.74) is 9.84. The number of hydrogen-bond acceptors (Lipinski definition) is 8. The molecule has 0 spiro atoms. The van der Waals surface area contributed by atoms with Crippen LogP contribution in [0.3, 0.4) is 0 Å². The third-order valence-electron chi connectivity index (χ3n) is 6.12. The third-order valence-corrected chi connectivity index (χ3v) is 6.12. The largest absolute Gasteiger partial charge is 0.491 e. The molecular formula is C24H29N7O3. The molecule has 0 unspecified atom stereocenters. The summed E-state index contributed by atoms with van der Waals surface area (Å²) in [6.45, 7) is 4.69. The van der Waals surface area contributed by atoms with E-state index in [2.05, 4.69) is 43.4 Å². The van der Waals surface area contributed by atoms with Crippen molar-refractivity contribution in [2.75, 3.05) is 45.7 Å². The monoisotopic (exact) mass is 463 g/mol. The first-order valence-electron chi connectivity index (χ1n) is 11.4. The maximum atomic E-state index is 6.39. The Morgan fingerprint density at radius 3 is 2.82 bits per heavy atom. The van der Waals surface area contributed by atoms with Gasteiger partial charge in [0.05, 0.1) is 31.2 Å². The first-order valence-corrected chi connectivity index (χ1v) is 11.4. The van der Waals surface area contributed by atoms with Crippen LogP contribution >= 0.6 is 0 Å². The summed E-state index contributed by atoms with van der Waals surface area (Å²) in [5, 5.41) is 11.6. The number of rotatable bonds is 9. The van der Waals surface area contributed by atoms with Gasteiger partial charge < -0.3 is 24.5 Å². The number of nitrogens with one attached hydrogen (secondary N) is 1. The second-order valence-electron chi connectivity index (χ2n) is 8.26. The van der Waals surface area contributed by atoms with Gasteiger partial charge in [-0.1, -0.05) is 6.07 Å². The summed E-state index contributed by atoms with van der Waals surface area (Å²) in [6.07, 6.45) is 5.32. The van der Waals surface area contributed by atoms with Crippen molar-refractivity contribution >= 4 is 5.82 Å². The first-order chi connectivity index (χ1) is 16.7. The lowest BCUT2D eigenvalue weighted by Gasteiger charge is -2.19. The fraction of sp³-hybridized carbons (Fsp3) is 0.375. The molecular weight excluding hydrogens is 434 g/mol. The van der Waals surface area contributed by atoms with Crippen LogP contribution in [0.1, 0.15) is 11.1 Å². The van der Waals surface area contributed by atoms with Gasteiger partial charge in [0.15, 0.2) is 17.4 Å². The van der Waals surface area contributed by atoms with Gasteiger partial charge in [0.25, 0.3) is 0 Å². The molecule has 4 heterocycles. The predicted molar refractivity (Wildman–Crippen MR) is 127 cm³/mol. The summed E-state index contributed by atoms with van der Waals surface area (Å²) >= 11 is 0. The van der Waals surface area contributed by atoms with Crippen LogP contribution in [0, 0.1) is 0 Å². The van der Waals surface area contributed by atoms with Crippen LogP contribution in [0.15, 0.2) is 47.2 Å². The molecule has 3 N–H and O–H groups in total. The van der Waals surface area contributed by atoms with E-state index < -0.39 is 0 Å². The van der Waals surface area contributed by atoms with Crippen LogP contribution in [0.5, 0.6) is 5.75 Å². The van der Waals surface area contributed by atoms with E-state index in [1.807, 2.05) is 10.7 Å². The maximum absolute atomic E-state index is 6.39. The minimum Gasteiger partial charge on any atom is -0.491 e. The zero-order chi connectivity index (χ0) is 23.3. The lowest BCUT2D eigenvalue weighted by molar-refractivity contribution is 0.146.